The molecule has 0 heterocycles. The van der Waals surface area contributed by atoms with Crippen molar-refractivity contribution in [3.63, 3.8) is 0 Å². The third-order valence-corrected chi connectivity index (χ3v) is 9.70. The van der Waals surface area contributed by atoms with Crippen molar-refractivity contribution in [2.75, 3.05) is 32.7 Å². The van der Waals surface area contributed by atoms with E-state index < -0.39 is 14.4 Å². The number of methoxy groups -OCH3 is 2. The average molecular weight is 385 g/mol. The molecule has 6 nitrogen and oxygen atoms in total. The van der Waals surface area contributed by atoms with E-state index in [1.807, 2.05) is 24.3 Å². The zero-order valence-corrected chi connectivity index (χ0v) is 18.2. The van der Waals surface area contributed by atoms with Crippen LogP contribution >= 0.6 is 0 Å². The fourth-order valence-electron chi connectivity index (χ4n) is 2.46. The van der Waals surface area contributed by atoms with Crippen LogP contribution in [0.5, 0.6) is 5.75 Å². The molecule has 0 spiro atoms. The Hall–Kier alpha value is -1.12. The molecule has 0 aliphatic rings. The zero-order chi connectivity index (χ0) is 20.0. The predicted octanol–water partition coefficient (Wildman–Crippen LogP) is 2.83. The molecular weight excluding hydrogens is 348 g/mol. The molecule has 3 atom stereocenters. The summed E-state index contributed by atoms with van der Waals surface area (Å²) in [6, 6.07) is 7.34. The number of nitrogens with one attached hydrogen (secondary N) is 1. The van der Waals surface area contributed by atoms with Crippen LogP contribution in [0, 0.1) is 0 Å². The molecule has 0 aliphatic carbocycles. The second kappa shape index (κ2) is 9.71. The number of hydrogen-bond donors (Lipinski definition) is 3. The van der Waals surface area contributed by atoms with Gasteiger partial charge in [-0.25, -0.2) is 0 Å². The standard InChI is InChI=1S/C19H36N2O4Si/c1-19(2,3)26(6,7)25-16(12-20)18(17(13-22)24-5)21-14-8-10-15(23-4)11-9-14/h8-11,16-18,21-22H,12-13,20H2,1-7H3/t16-,17+,18+/m1/s1. The van der Waals surface area contributed by atoms with E-state index in [2.05, 4.69) is 39.2 Å². The van der Waals surface area contributed by atoms with Crippen LogP contribution in [0.2, 0.25) is 18.1 Å². The molecule has 0 bridgehead atoms. The Labute approximate surface area is 159 Å². The maximum Gasteiger partial charge on any atom is 0.192 e. The first-order chi connectivity index (χ1) is 12.1. The van der Waals surface area contributed by atoms with Crippen LogP contribution in [0.1, 0.15) is 20.8 Å². The number of aliphatic hydroxyl groups is 1. The molecule has 0 aromatic heterocycles. The van der Waals surface area contributed by atoms with Crippen molar-refractivity contribution in [3.8, 4) is 5.75 Å². The number of aliphatic hydroxyl groups excluding tert-OH is 1. The van der Waals surface area contributed by atoms with Gasteiger partial charge < -0.3 is 30.1 Å². The number of ether oxygens (including phenoxy) is 2. The summed E-state index contributed by atoms with van der Waals surface area (Å²) >= 11 is 0. The first-order valence-electron chi connectivity index (χ1n) is 9.01. The topological polar surface area (TPSA) is 86.0 Å². The minimum atomic E-state index is -2.03. The predicted molar refractivity (Wildman–Crippen MR) is 109 cm³/mol. The largest absolute Gasteiger partial charge is 0.497 e. The van der Waals surface area contributed by atoms with Crippen LogP contribution < -0.4 is 15.8 Å². The van der Waals surface area contributed by atoms with Gasteiger partial charge in [0.05, 0.1) is 25.9 Å². The normalized spacial score (nSPS) is 16.0. The van der Waals surface area contributed by atoms with Crippen molar-refractivity contribution < 1.29 is 19.0 Å². The molecule has 0 aliphatic heterocycles. The first kappa shape index (κ1) is 22.9. The van der Waals surface area contributed by atoms with E-state index in [0.29, 0.717) is 6.54 Å². The summed E-state index contributed by atoms with van der Waals surface area (Å²) < 4.78 is 17.3. The first-order valence-corrected chi connectivity index (χ1v) is 11.9. The van der Waals surface area contributed by atoms with Gasteiger partial charge in [0.25, 0.3) is 0 Å². The van der Waals surface area contributed by atoms with Crippen molar-refractivity contribution in [1.82, 2.24) is 0 Å². The minimum absolute atomic E-state index is 0.0624. The molecule has 1 rings (SSSR count). The van der Waals surface area contributed by atoms with Crippen LogP contribution in [0.3, 0.4) is 0 Å². The number of nitrogens with two attached hydrogens (primary N) is 1. The molecule has 150 valence electrons. The Bertz CT molecular complexity index is 527. The molecular formula is C19H36N2O4Si. The van der Waals surface area contributed by atoms with Crippen molar-refractivity contribution in [3.05, 3.63) is 24.3 Å². The molecule has 4 N–H and O–H groups in total. The number of hydrogen-bond acceptors (Lipinski definition) is 6. The van der Waals surface area contributed by atoms with Gasteiger partial charge in [0, 0.05) is 19.3 Å². The maximum atomic E-state index is 9.79. The lowest BCUT2D eigenvalue weighted by Crippen LogP contribution is -2.56. The van der Waals surface area contributed by atoms with Gasteiger partial charge in [-0.15, -0.1) is 0 Å². The summed E-state index contributed by atoms with van der Waals surface area (Å²) in [7, 11) is 1.19. The Balaban J connectivity index is 3.08. The Morgan fingerprint density at radius 2 is 1.69 bits per heavy atom. The molecule has 1 aromatic rings. The number of anilines is 1. The van der Waals surface area contributed by atoms with E-state index in [0.717, 1.165) is 11.4 Å². The highest BCUT2D eigenvalue weighted by Gasteiger charge is 2.42. The lowest BCUT2D eigenvalue weighted by Gasteiger charge is -2.42. The Morgan fingerprint density at radius 1 is 1.12 bits per heavy atom. The summed E-state index contributed by atoms with van der Waals surface area (Å²) in [5, 5.41) is 13.3. The van der Waals surface area contributed by atoms with Crippen molar-refractivity contribution >= 4 is 14.0 Å². The van der Waals surface area contributed by atoms with E-state index in [1.54, 1.807) is 14.2 Å². The van der Waals surface area contributed by atoms with Crippen LogP contribution in [0.15, 0.2) is 24.3 Å². The van der Waals surface area contributed by atoms with E-state index >= 15 is 0 Å². The van der Waals surface area contributed by atoms with E-state index in [1.165, 1.54) is 0 Å². The van der Waals surface area contributed by atoms with Crippen LogP contribution in [0.25, 0.3) is 0 Å². The molecule has 0 fully saturated rings. The summed E-state index contributed by atoms with van der Waals surface area (Å²) in [6.45, 7) is 11.2. The van der Waals surface area contributed by atoms with Crippen molar-refractivity contribution in [1.29, 1.82) is 0 Å². The van der Waals surface area contributed by atoms with Crippen LogP contribution in [-0.4, -0.2) is 59.0 Å². The monoisotopic (exact) mass is 384 g/mol. The van der Waals surface area contributed by atoms with Crippen molar-refractivity contribution in [2.24, 2.45) is 5.73 Å². The van der Waals surface area contributed by atoms with Crippen LogP contribution in [0.4, 0.5) is 5.69 Å². The fraction of sp³-hybridized carbons (Fsp3) is 0.684. The third-order valence-electron chi connectivity index (χ3n) is 5.19. The summed E-state index contributed by atoms with van der Waals surface area (Å²) in [5.41, 5.74) is 6.96. The van der Waals surface area contributed by atoms with E-state index in [4.69, 9.17) is 19.6 Å². The van der Waals surface area contributed by atoms with E-state index in [-0.39, 0.29) is 23.8 Å². The van der Waals surface area contributed by atoms with E-state index in [9.17, 15) is 5.11 Å². The molecule has 26 heavy (non-hydrogen) atoms. The molecule has 1 aromatic carbocycles. The highest BCUT2D eigenvalue weighted by Crippen LogP contribution is 2.38. The molecule has 0 radical (unpaired) electrons. The molecule has 0 amide bonds. The Kier molecular flexibility index (Phi) is 8.56. The van der Waals surface area contributed by atoms with Crippen molar-refractivity contribution in [2.45, 2.75) is 57.2 Å². The van der Waals surface area contributed by atoms with Gasteiger partial charge in [0.1, 0.15) is 11.9 Å². The molecule has 7 heteroatoms. The fourth-order valence-corrected chi connectivity index (χ4v) is 3.82. The minimum Gasteiger partial charge on any atom is -0.497 e. The lowest BCUT2D eigenvalue weighted by molar-refractivity contribution is 0.00418. The second-order valence-corrected chi connectivity index (χ2v) is 12.8. The molecule has 0 saturated heterocycles. The number of benzene rings is 1. The average Bonchev–Trinajstić information content (AvgIpc) is 2.59. The highest BCUT2D eigenvalue weighted by atomic mass is 28.4. The summed E-state index contributed by atoms with van der Waals surface area (Å²) in [6.07, 6.45) is -0.717. The van der Waals surface area contributed by atoms with Gasteiger partial charge in [-0.2, -0.15) is 0 Å². The smallest absolute Gasteiger partial charge is 0.192 e. The number of rotatable bonds is 10. The Morgan fingerprint density at radius 3 is 2.08 bits per heavy atom. The summed E-state index contributed by atoms with van der Waals surface area (Å²) in [4.78, 5) is 0. The second-order valence-electron chi connectivity index (χ2n) is 8.01. The van der Waals surface area contributed by atoms with Gasteiger partial charge in [-0.3, -0.25) is 0 Å². The lowest BCUT2D eigenvalue weighted by atomic mass is 10.0. The van der Waals surface area contributed by atoms with Gasteiger partial charge >= 0.3 is 0 Å². The quantitative estimate of drug-likeness (QED) is 0.538. The highest BCUT2D eigenvalue weighted by molar-refractivity contribution is 6.74. The van der Waals surface area contributed by atoms with Crippen LogP contribution in [-0.2, 0) is 9.16 Å². The summed E-state index contributed by atoms with van der Waals surface area (Å²) in [5.74, 6) is 0.783. The third kappa shape index (κ3) is 5.96. The van der Waals surface area contributed by atoms with Gasteiger partial charge in [0.15, 0.2) is 8.32 Å². The maximum absolute atomic E-state index is 9.79. The molecule has 0 unspecified atom stereocenters. The molecule has 0 saturated carbocycles. The van der Waals surface area contributed by atoms with Gasteiger partial charge in [-0.1, -0.05) is 20.8 Å². The SMILES string of the molecule is COc1ccc(N[C@H]([C@H](CO)OC)[C@@H](CN)O[Si](C)(C)C(C)(C)C)cc1. The zero-order valence-electron chi connectivity index (χ0n) is 17.2. The van der Waals surface area contributed by atoms with Gasteiger partial charge in [0.2, 0.25) is 0 Å². The van der Waals surface area contributed by atoms with Gasteiger partial charge in [-0.05, 0) is 42.4 Å².